The molecule has 0 rings (SSSR count). The van der Waals surface area contributed by atoms with Crippen molar-refractivity contribution in [2.45, 2.75) is 212 Å². The van der Waals surface area contributed by atoms with E-state index in [1.807, 2.05) is 27.2 Å². The van der Waals surface area contributed by atoms with E-state index in [2.05, 4.69) is 37.4 Å². The SMILES string of the molecule is CCCCCCCC/C=C\C/C=C\CCC(=O)NC(COP(=O)(O)OCC[N+](C)(C)C)C(O)CCCCCCCCCCCCCCCCCCCC. The summed E-state index contributed by atoms with van der Waals surface area (Å²) in [6, 6.07) is -0.787. The molecule has 8 nitrogen and oxygen atoms in total. The van der Waals surface area contributed by atoms with Crippen LogP contribution in [-0.2, 0) is 18.4 Å². The predicted octanol–water partition coefficient (Wildman–Crippen LogP) is 12.1. The number of carbonyl (C=O) groups is 1. The monoisotopic (exact) mass is 772 g/mol. The van der Waals surface area contributed by atoms with Crippen molar-refractivity contribution >= 4 is 13.7 Å². The van der Waals surface area contributed by atoms with Gasteiger partial charge in [-0.2, -0.15) is 0 Å². The summed E-state index contributed by atoms with van der Waals surface area (Å²) in [5, 5.41) is 13.9. The number of hydrogen-bond acceptors (Lipinski definition) is 5. The molecule has 1 amide bonds. The van der Waals surface area contributed by atoms with Crippen LogP contribution in [0.25, 0.3) is 0 Å². The molecule has 0 aromatic rings. The van der Waals surface area contributed by atoms with Gasteiger partial charge in [0.2, 0.25) is 5.91 Å². The van der Waals surface area contributed by atoms with Crippen LogP contribution in [0.5, 0.6) is 0 Å². The molecule has 3 atom stereocenters. The number of allylic oxidation sites excluding steroid dienone is 4. The molecule has 0 aromatic heterocycles. The molecule has 3 N–H and O–H groups in total. The molecule has 0 aliphatic heterocycles. The molecule has 0 radical (unpaired) electrons. The van der Waals surface area contributed by atoms with Crippen molar-refractivity contribution in [2.24, 2.45) is 0 Å². The minimum Gasteiger partial charge on any atom is -0.391 e. The molecule has 3 unspecified atom stereocenters. The topological polar surface area (TPSA) is 105 Å². The molecule has 9 heteroatoms. The highest BCUT2D eigenvalue weighted by Gasteiger charge is 2.28. The Hall–Kier alpha value is -1.02. The lowest BCUT2D eigenvalue weighted by molar-refractivity contribution is -0.870. The number of rotatable bonds is 40. The van der Waals surface area contributed by atoms with Crippen molar-refractivity contribution in [3.8, 4) is 0 Å². The fourth-order valence-corrected chi connectivity index (χ4v) is 7.13. The van der Waals surface area contributed by atoms with Crippen molar-refractivity contribution in [1.82, 2.24) is 5.32 Å². The molecular weight excluding hydrogens is 683 g/mol. The Morgan fingerprint density at radius 3 is 1.55 bits per heavy atom. The third kappa shape index (κ3) is 39.0. The Labute approximate surface area is 328 Å². The lowest BCUT2D eigenvalue weighted by atomic mass is 10.0. The summed E-state index contributed by atoms with van der Waals surface area (Å²) in [6.45, 7) is 4.84. The van der Waals surface area contributed by atoms with Crippen LogP contribution in [0.15, 0.2) is 24.3 Å². The van der Waals surface area contributed by atoms with Gasteiger partial charge in [-0.3, -0.25) is 13.8 Å². The van der Waals surface area contributed by atoms with Crippen LogP contribution in [0.1, 0.15) is 200 Å². The van der Waals surface area contributed by atoms with E-state index in [0.717, 1.165) is 32.1 Å². The molecule has 0 saturated carbocycles. The first-order valence-electron chi connectivity index (χ1n) is 22.2. The third-order valence-electron chi connectivity index (χ3n) is 9.97. The zero-order valence-electron chi connectivity index (χ0n) is 35.5. The van der Waals surface area contributed by atoms with E-state index in [9.17, 15) is 19.4 Å². The lowest BCUT2D eigenvalue weighted by Gasteiger charge is -2.26. The summed E-state index contributed by atoms with van der Waals surface area (Å²) >= 11 is 0. The normalized spacial score (nSPS) is 14.6. The Kier molecular flexibility index (Phi) is 35.9. The number of phosphoric ester groups is 1. The van der Waals surface area contributed by atoms with Gasteiger partial charge in [-0.1, -0.05) is 186 Å². The van der Waals surface area contributed by atoms with E-state index >= 15 is 0 Å². The van der Waals surface area contributed by atoms with Crippen molar-refractivity contribution in [1.29, 1.82) is 0 Å². The zero-order chi connectivity index (χ0) is 39.3. The predicted molar refractivity (Wildman–Crippen MR) is 226 cm³/mol. The molecule has 0 aliphatic rings. The molecule has 0 fully saturated rings. The molecule has 0 saturated heterocycles. The Morgan fingerprint density at radius 2 is 1.08 bits per heavy atom. The van der Waals surface area contributed by atoms with Crippen LogP contribution >= 0.6 is 7.82 Å². The highest BCUT2D eigenvalue weighted by atomic mass is 31.2. The standard InChI is InChI=1S/C44H87N2O6P/c1-6-8-10-12-14-16-18-20-21-22-23-24-26-27-29-31-33-35-37-43(47)42(41-52-53(49,50)51-40-39-46(3,4)5)45-44(48)38-36-34-32-30-28-25-19-17-15-13-11-9-7-2/h25,28,32,34,42-43,47H,6-24,26-27,29-31,33,35-41H2,1-5H3,(H-,45,48,49,50)/p+1/b28-25-,34-32-. The van der Waals surface area contributed by atoms with Gasteiger partial charge in [-0.05, 0) is 32.1 Å². The summed E-state index contributed by atoms with van der Waals surface area (Å²) in [4.78, 5) is 23.1. The second kappa shape index (κ2) is 36.6. The van der Waals surface area contributed by atoms with E-state index in [1.165, 1.54) is 135 Å². The fraction of sp³-hybridized carbons (Fsp3) is 0.886. The number of nitrogens with zero attached hydrogens (tertiary/aromatic N) is 1. The summed E-state index contributed by atoms with van der Waals surface area (Å²) in [6.07, 6.45) is 42.2. The number of unbranched alkanes of at least 4 members (excludes halogenated alkanes) is 23. The first kappa shape index (κ1) is 52.0. The van der Waals surface area contributed by atoms with Gasteiger partial charge in [0, 0.05) is 6.42 Å². The minimum atomic E-state index is -4.32. The number of hydrogen-bond donors (Lipinski definition) is 3. The fourth-order valence-electron chi connectivity index (χ4n) is 6.39. The van der Waals surface area contributed by atoms with Crippen LogP contribution < -0.4 is 5.32 Å². The Bertz CT molecular complexity index is 922. The molecule has 0 aliphatic carbocycles. The molecule has 0 aromatic carbocycles. The number of aliphatic hydroxyl groups excluding tert-OH is 1. The van der Waals surface area contributed by atoms with E-state index < -0.39 is 20.0 Å². The molecule has 53 heavy (non-hydrogen) atoms. The summed E-state index contributed by atoms with van der Waals surface area (Å²) in [5.41, 5.74) is 0. The Balaban J connectivity index is 4.41. The van der Waals surface area contributed by atoms with Crippen LogP contribution in [0.3, 0.4) is 0 Å². The van der Waals surface area contributed by atoms with Gasteiger partial charge in [0.05, 0.1) is 39.9 Å². The van der Waals surface area contributed by atoms with Crippen LogP contribution in [0, 0.1) is 0 Å². The van der Waals surface area contributed by atoms with Gasteiger partial charge < -0.3 is 19.8 Å². The maximum Gasteiger partial charge on any atom is 0.472 e. The number of aliphatic hydroxyl groups is 1. The molecule has 0 heterocycles. The maximum atomic E-state index is 12.8. The van der Waals surface area contributed by atoms with E-state index in [0.29, 0.717) is 23.9 Å². The molecule has 314 valence electrons. The molecular formula is C44H88N2O6P+. The summed E-state index contributed by atoms with van der Waals surface area (Å²) < 4.78 is 23.6. The lowest BCUT2D eigenvalue weighted by Crippen LogP contribution is -2.46. The average molecular weight is 772 g/mol. The largest absolute Gasteiger partial charge is 0.472 e. The van der Waals surface area contributed by atoms with Gasteiger partial charge in [0.15, 0.2) is 0 Å². The van der Waals surface area contributed by atoms with E-state index in [1.54, 1.807) is 0 Å². The van der Waals surface area contributed by atoms with Gasteiger partial charge in [0.1, 0.15) is 13.2 Å². The second-order valence-electron chi connectivity index (χ2n) is 16.4. The van der Waals surface area contributed by atoms with Crippen molar-refractivity contribution < 1.29 is 32.9 Å². The van der Waals surface area contributed by atoms with Gasteiger partial charge >= 0.3 is 7.82 Å². The number of nitrogens with one attached hydrogen (secondary N) is 1. The van der Waals surface area contributed by atoms with Crippen molar-refractivity contribution in [2.75, 3.05) is 40.9 Å². The third-order valence-corrected chi connectivity index (χ3v) is 11.0. The number of quaternary nitrogens is 1. The molecule has 0 spiro atoms. The highest BCUT2D eigenvalue weighted by Crippen LogP contribution is 2.43. The number of phosphoric acid groups is 1. The van der Waals surface area contributed by atoms with Crippen LogP contribution in [0.2, 0.25) is 0 Å². The van der Waals surface area contributed by atoms with Crippen LogP contribution in [-0.4, -0.2) is 73.4 Å². The highest BCUT2D eigenvalue weighted by molar-refractivity contribution is 7.47. The van der Waals surface area contributed by atoms with Crippen molar-refractivity contribution in [3.05, 3.63) is 24.3 Å². The van der Waals surface area contributed by atoms with Gasteiger partial charge in [0.25, 0.3) is 0 Å². The first-order valence-corrected chi connectivity index (χ1v) is 23.7. The number of amides is 1. The first-order chi connectivity index (χ1) is 25.5. The quantitative estimate of drug-likeness (QED) is 0.0248. The summed E-state index contributed by atoms with van der Waals surface area (Å²) in [7, 11) is 1.59. The molecule has 0 bridgehead atoms. The summed E-state index contributed by atoms with van der Waals surface area (Å²) in [5.74, 6) is -0.211. The maximum absolute atomic E-state index is 12.8. The van der Waals surface area contributed by atoms with E-state index in [4.69, 9.17) is 9.05 Å². The van der Waals surface area contributed by atoms with Gasteiger partial charge in [-0.15, -0.1) is 0 Å². The van der Waals surface area contributed by atoms with E-state index in [-0.39, 0.29) is 25.5 Å². The second-order valence-corrected chi connectivity index (χ2v) is 17.9. The van der Waals surface area contributed by atoms with Crippen molar-refractivity contribution in [3.63, 3.8) is 0 Å². The smallest absolute Gasteiger partial charge is 0.391 e. The average Bonchev–Trinajstić information content (AvgIpc) is 3.10. The van der Waals surface area contributed by atoms with Gasteiger partial charge in [-0.25, -0.2) is 4.57 Å². The Morgan fingerprint density at radius 1 is 0.642 bits per heavy atom. The minimum absolute atomic E-state index is 0.0662. The number of likely N-dealkylation sites (N-methyl/N-ethyl adjacent to an activating group) is 1. The zero-order valence-corrected chi connectivity index (χ0v) is 36.4. The van der Waals surface area contributed by atoms with Crippen LogP contribution in [0.4, 0.5) is 0 Å². The number of carbonyl (C=O) groups excluding carboxylic acids is 1.